The number of esters is 1. The molecule has 23 heavy (non-hydrogen) atoms. The fourth-order valence-corrected chi connectivity index (χ4v) is 2.25. The van der Waals surface area contributed by atoms with E-state index in [0.717, 1.165) is 6.42 Å². The van der Waals surface area contributed by atoms with Gasteiger partial charge in [0.05, 0.1) is 12.5 Å². The van der Waals surface area contributed by atoms with Gasteiger partial charge in [-0.25, -0.2) is 13.6 Å². The van der Waals surface area contributed by atoms with E-state index in [0.29, 0.717) is 12.8 Å². The first kappa shape index (κ1) is 19.6. The van der Waals surface area contributed by atoms with Crippen molar-refractivity contribution >= 4 is 11.9 Å². The molecule has 1 saturated carbocycles. The van der Waals surface area contributed by atoms with E-state index in [1.54, 1.807) is 0 Å². The Morgan fingerprint density at radius 3 is 2.13 bits per heavy atom. The van der Waals surface area contributed by atoms with Crippen LogP contribution in [0.1, 0.15) is 38.5 Å². The average Bonchev–Trinajstić information content (AvgIpc) is 2.45. The van der Waals surface area contributed by atoms with Crippen molar-refractivity contribution in [1.29, 1.82) is 0 Å². The molecular formula is C13H17F5O5. The third-order valence-electron chi connectivity index (χ3n) is 3.48. The number of rotatable bonds is 7. The van der Waals surface area contributed by atoms with Gasteiger partial charge in [0.15, 0.2) is 0 Å². The summed E-state index contributed by atoms with van der Waals surface area (Å²) in [5.41, 5.74) is 0. The maximum absolute atomic E-state index is 13.1. The Hall–Kier alpha value is -1.45. The predicted octanol–water partition coefficient (Wildman–Crippen LogP) is 3.12. The van der Waals surface area contributed by atoms with E-state index in [1.165, 1.54) is 0 Å². The number of hydrogen-bond donors (Lipinski definition) is 1. The normalized spacial score (nSPS) is 19.4. The minimum absolute atomic E-state index is 0.281. The molecule has 0 aliphatic heterocycles. The van der Waals surface area contributed by atoms with Crippen LogP contribution in [0.4, 0.5) is 22.0 Å². The molecule has 1 rings (SSSR count). The lowest BCUT2D eigenvalue weighted by atomic mass is 9.89. The molecular weight excluding hydrogens is 331 g/mol. The Morgan fingerprint density at radius 2 is 1.70 bits per heavy atom. The Kier molecular flexibility index (Phi) is 6.72. The van der Waals surface area contributed by atoms with Crippen molar-refractivity contribution in [3.8, 4) is 0 Å². The first-order valence-electron chi connectivity index (χ1n) is 7.05. The molecule has 0 spiro atoms. The number of carbonyl (C=O) groups is 2. The molecule has 1 N–H and O–H groups in total. The van der Waals surface area contributed by atoms with E-state index in [9.17, 15) is 31.5 Å². The van der Waals surface area contributed by atoms with E-state index in [1.807, 2.05) is 0 Å². The Balaban J connectivity index is 2.92. The van der Waals surface area contributed by atoms with Crippen LogP contribution in [0, 0.1) is 5.92 Å². The number of alkyl halides is 5. The highest BCUT2D eigenvalue weighted by Crippen LogP contribution is 2.37. The topological polar surface area (TPSA) is 72.8 Å². The molecule has 0 aromatic heterocycles. The molecule has 0 amide bonds. The quantitative estimate of drug-likeness (QED) is 0.435. The molecule has 10 heteroatoms. The zero-order valence-electron chi connectivity index (χ0n) is 12.1. The third-order valence-corrected chi connectivity index (χ3v) is 3.48. The summed E-state index contributed by atoms with van der Waals surface area (Å²) in [6.07, 6.45) is -7.11. The molecule has 1 fully saturated rings. The van der Waals surface area contributed by atoms with Gasteiger partial charge in [-0.05, 0) is 12.8 Å². The van der Waals surface area contributed by atoms with Crippen LogP contribution in [-0.4, -0.2) is 42.0 Å². The van der Waals surface area contributed by atoms with Crippen molar-refractivity contribution < 1.29 is 46.1 Å². The van der Waals surface area contributed by atoms with Crippen LogP contribution in [0.25, 0.3) is 0 Å². The number of hydrogen-bond acceptors (Lipinski definition) is 4. The van der Waals surface area contributed by atoms with Crippen LogP contribution in [0.5, 0.6) is 0 Å². The molecule has 1 unspecified atom stereocenters. The van der Waals surface area contributed by atoms with Crippen LogP contribution in [0.2, 0.25) is 0 Å². The van der Waals surface area contributed by atoms with Gasteiger partial charge >= 0.3 is 23.9 Å². The van der Waals surface area contributed by atoms with Crippen LogP contribution in [-0.2, 0) is 19.1 Å². The van der Waals surface area contributed by atoms with Gasteiger partial charge in [0, 0.05) is 6.42 Å². The summed E-state index contributed by atoms with van der Waals surface area (Å²) in [6, 6.07) is 0. The number of carbonyl (C=O) groups excluding carboxylic acids is 1. The van der Waals surface area contributed by atoms with Gasteiger partial charge in [-0.15, -0.1) is 0 Å². The van der Waals surface area contributed by atoms with Gasteiger partial charge in [0.1, 0.15) is 0 Å². The summed E-state index contributed by atoms with van der Waals surface area (Å²) in [5, 5.41) is 8.86. The number of aliphatic carboxylic acids is 1. The van der Waals surface area contributed by atoms with E-state index in [2.05, 4.69) is 9.47 Å². The smallest absolute Gasteiger partial charge is 0.468 e. The molecule has 134 valence electrons. The predicted molar refractivity (Wildman–Crippen MR) is 65.7 cm³/mol. The lowest BCUT2D eigenvalue weighted by molar-refractivity contribution is -0.356. The van der Waals surface area contributed by atoms with Gasteiger partial charge in [0.2, 0.25) is 6.43 Å². The second-order valence-electron chi connectivity index (χ2n) is 5.20. The first-order chi connectivity index (χ1) is 10.6. The van der Waals surface area contributed by atoms with Gasteiger partial charge in [-0.2, -0.15) is 13.2 Å². The van der Waals surface area contributed by atoms with Gasteiger partial charge in [-0.1, -0.05) is 19.3 Å². The van der Waals surface area contributed by atoms with Crippen LogP contribution in [0.3, 0.4) is 0 Å². The van der Waals surface area contributed by atoms with E-state index >= 15 is 0 Å². The highest BCUT2D eigenvalue weighted by Gasteiger charge is 2.67. The Labute approximate surface area is 128 Å². The second-order valence-corrected chi connectivity index (χ2v) is 5.20. The van der Waals surface area contributed by atoms with Crippen molar-refractivity contribution in [3.05, 3.63) is 0 Å². The summed E-state index contributed by atoms with van der Waals surface area (Å²) >= 11 is 0. The lowest BCUT2D eigenvalue weighted by Gasteiger charge is -2.32. The lowest BCUT2D eigenvalue weighted by Crippen LogP contribution is -2.58. The number of carboxylic acid groups (broad SMARTS) is 1. The van der Waals surface area contributed by atoms with Crippen LogP contribution >= 0.6 is 0 Å². The summed E-state index contributed by atoms with van der Waals surface area (Å²) in [5.74, 6) is -9.08. The molecule has 1 atom stereocenters. The van der Waals surface area contributed by atoms with Crippen molar-refractivity contribution in [1.82, 2.24) is 0 Å². The standard InChI is InChI=1S/C13H17F5O5/c14-9(15)6-7-22-12(11(20)21,13(16,17)18)23-10(19)8-4-2-1-3-5-8/h8-9H,1-7H2,(H,20,21). The van der Waals surface area contributed by atoms with E-state index in [4.69, 9.17) is 5.11 Å². The molecule has 0 bridgehead atoms. The van der Waals surface area contributed by atoms with Crippen LogP contribution in [0.15, 0.2) is 0 Å². The number of carboxylic acids is 1. The first-order valence-corrected chi connectivity index (χ1v) is 7.05. The summed E-state index contributed by atoms with van der Waals surface area (Å²) in [4.78, 5) is 22.9. The zero-order valence-corrected chi connectivity index (χ0v) is 12.1. The SMILES string of the molecule is O=C(OC(OCCC(F)F)(C(=O)O)C(F)(F)F)C1CCCCC1. The molecule has 0 heterocycles. The summed E-state index contributed by atoms with van der Waals surface area (Å²) < 4.78 is 71.6. The fraction of sp³-hybridized carbons (Fsp3) is 0.846. The van der Waals surface area contributed by atoms with Gasteiger partial charge < -0.3 is 14.6 Å². The Bertz CT molecular complexity index is 419. The summed E-state index contributed by atoms with van der Waals surface area (Å²) in [6.45, 7) is -1.22. The average molecular weight is 348 g/mol. The summed E-state index contributed by atoms with van der Waals surface area (Å²) in [7, 11) is 0. The highest BCUT2D eigenvalue weighted by molar-refractivity contribution is 5.82. The van der Waals surface area contributed by atoms with Gasteiger partial charge in [-0.3, -0.25) is 4.79 Å². The highest BCUT2D eigenvalue weighted by atomic mass is 19.4. The molecule has 0 aromatic rings. The zero-order chi connectivity index (χ0) is 17.7. The molecule has 0 radical (unpaired) electrons. The third kappa shape index (κ3) is 5.02. The minimum Gasteiger partial charge on any atom is -0.476 e. The molecule has 0 saturated heterocycles. The maximum atomic E-state index is 13.1. The van der Waals surface area contributed by atoms with Crippen molar-refractivity contribution in [3.63, 3.8) is 0 Å². The molecule has 1 aliphatic rings. The fourth-order valence-electron chi connectivity index (χ4n) is 2.25. The van der Waals surface area contributed by atoms with Crippen molar-refractivity contribution in [2.24, 2.45) is 5.92 Å². The molecule has 5 nitrogen and oxygen atoms in total. The van der Waals surface area contributed by atoms with Gasteiger partial charge in [0.25, 0.3) is 0 Å². The van der Waals surface area contributed by atoms with Crippen molar-refractivity contribution in [2.75, 3.05) is 6.61 Å². The van der Waals surface area contributed by atoms with E-state index in [-0.39, 0.29) is 12.8 Å². The van der Waals surface area contributed by atoms with E-state index < -0.39 is 49.3 Å². The number of halogens is 5. The second kappa shape index (κ2) is 7.89. The largest absolute Gasteiger partial charge is 0.476 e. The number of ether oxygens (including phenoxy) is 2. The molecule has 1 aliphatic carbocycles. The monoisotopic (exact) mass is 348 g/mol. The van der Waals surface area contributed by atoms with Crippen molar-refractivity contribution in [2.45, 2.75) is 56.9 Å². The Morgan fingerprint density at radius 1 is 1.13 bits per heavy atom. The minimum atomic E-state index is -5.61. The van der Waals surface area contributed by atoms with Crippen LogP contribution < -0.4 is 0 Å². The maximum Gasteiger partial charge on any atom is 0.468 e. The molecule has 0 aromatic carbocycles.